The van der Waals surface area contributed by atoms with E-state index in [0.29, 0.717) is 15.7 Å². The zero-order valence-electron chi connectivity index (χ0n) is 12.5. The maximum absolute atomic E-state index is 12.1. The van der Waals surface area contributed by atoms with Gasteiger partial charge >= 0.3 is 0 Å². The number of carbonyl (C=O) groups excluding carboxylic acids is 1. The van der Waals surface area contributed by atoms with Gasteiger partial charge in [-0.3, -0.25) is 15.1 Å². The summed E-state index contributed by atoms with van der Waals surface area (Å²) >= 11 is 1.30. The predicted octanol–water partition coefficient (Wildman–Crippen LogP) is 4.01. The lowest BCUT2D eigenvalue weighted by Crippen LogP contribution is -2.11. The fraction of sp³-hybridized carbons (Fsp3) is 0. The van der Waals surface area contributed by atoms with Gasteiger partial charge < -0.3 is 0 Å². The van der Waals surface area contributed by atoms with E-state index in [1.165, 1.54) is 11.3 Å². The number of hydrogen-bond acceptors (Lipinski definition) is 5. The number of carbonyl (C=O) groups is 1. The molecule has 0 spiro atoms. The molecule has 2 heterocycles. The smallest absolute Gasteiger partial charge is 0.257 e. The van der Waals surface area contributed by atoms with Crippen molar-refractivity contribution >= 4 is 33.1 Å². The number of pyridine rings is 1. The number of fused-ring (bicyclic) bond motifs is 1. The van der Waals surface area contributed by atoms with Crippen molar-refractivity contribution in [3.8, 4) is 10.7 Å². The largest absolute Gasteiger partial charge is 0.296 e. The summed E-state index contributed by atoms with van der Waals surface area (Å²) in [4.78, 5) is 16.6. The lowest BCUT2D eigenvalue weighted by molar-refractivity contribution is 0.102. The molecule has 116 valence electrons. The van der Waals surface area contributed by atoms with E-state index in [2.05, 4.69) is 20.5 Å². The topological polar surface area (TPSA) is 67.8 Å². The molecule has 4 rings (SSSR count). The van der Waals surface area contributed by atoms with Crippen LogP contribution >= 0.6 is 11.3 Å². The Morgan fingerprint density at radius 2 is 1.67 bits per heavy atom. The summed E-state index contributed by atoms with van der Waals surface area (Å²) in [5, 5.41) is 14.2. The minimum absolute atomic E-state index is 0.204. The molecule has 1 N–H and O–H groups in total. The van der Waals surface area contributed by atoms with Gasteiger partial charge in [0, 0.05) is 17.1 Å². The van der Waals surface area contributed by atoms with E-state index in [1.807, 2.05) is 54.7 Å². The first kappa shape index (κ1) is 14.5. The maximum atomic E-state index is 12.1. The molecule has 24 heavy (non-hydrogen) atoms. The van der Waals surface area contributed by atoms with Gasteiger partial charge in [0.15, 0.2) is 5.01 Å². The molecule has 0 saturated carbocycles. The number of anilines is 1. The number of hydrogen-bond donors (Lipinski definition) is 1. The average Bonchev–Trinajstić information content (AvgIpc) is 3.10. The fourth-order valence-electron chi connectivity index (χ4n) is 2.34. The predicted molar refractivity (Wildman–Crippen MR) is 95.0 cm³/mol. The molecule has 6 heteroatoms. The minimum Gasteiger partial charge on any atom is -0.296 e. The van der Waals surface area contributed by atoms with Gasteiger partial charge in [-0.2, -0.15) is 0 Å². The number of aromatic nitrogens is 3. The molecule has 2 aromatic carbocycles. The molecule has 0 bridgehead atoms. The Balaban J connectivity index is 1.58. The van der Waals surface area contributed by atoms with E-state index < -0.39 is 0 Å². The maximum Gasteiger partial charge on any atom is 0.257 e. The molecule has 0 saturated heterocycles. The summed E-state index contributed by atoms with van der Waals surface area (Å²) in [6.07, 6.45) is 1.81. The summed E-state index contributed by atoms with van der Waals surface area (Å²) in [5.41, 5.74) is 1.32. The molecular formula is C18H12N4OS. The van der Waals surface area contributed by atoms with Crippen LogP contribution < -0.4 is 5.32 Å². The van der Waals surface area contributed by atoms with Crippen molar-refractivity contribution in [3.05, 3.63) is 72.4 Å². The Bertz CT molecular complexity index is 1010. The Hall–Kier alpha value is -3.12. The molecule has 4 aromatic rings. The normalized spacial score (nSPS) is 10.7. The summed E-state index contributed by atoms with van der Waals surface area (Å²) < 4.78 is 0. The number of amides is 1. The Labute approximate surface area is 142 Å². The third-order valence-electron chi connectivity index (χ3n) is 3.53. The van der Waals surface area contributed by atoms with Gasteiger partial charge in [-0.25, -0.2) is 0 Å². The van der Waals surface area contributed by atoms with Crippen LogP contribution in [0.5, 0.6) is 0 Å². The van der Waals surface area contributed by atoms with Crippen molar-refractivity contribution in [1.82, 2.24) is 15.2 Å². The van der Waals surface area contributed by atoms with Gasteiger partial charge in [-0.05, 0) is 23.6 Å². The zero-order valence-corrected chi connectivity index (χ0v) is 13.3. The van der Waals surface area contributed by atoms with Crippen LogP contribution in [0.3, 0.4) is 0 Å². The van der Waals surface area contributed by atoms with Gasteiger partial charge in [0.1, 0.15) is 5.69 Å². The van der Waals surface area contributed by atoms with Crippen molar-refractivity contribution in [2.24, 2.45) is 0 Å². The molecule has 0 aliphatic carbocycles. The molecule has 2 aromatic heterocycles. The molecule has 1 amide bonds. The summed E-state index contributed by atoms with van der Waals surface area (Å²) in [7, 11) is 0. The number of benzene rings is 2. The quantitative estimate of drug-likeness (QED) is 0.615. The van der Waals surface area contributed by atoms with Crippen molar-refractivity contribution in [2.45, 2.75) is 0 Å². The van der Waals surface area contributed by atoms with Crippen LogP contribution in [0.4, 0.5) is 5.13 Å². The summed E-state index contributed by atoms with van der Waals surface area (Å²) in [5.74, 6) is -0.204. The van der Waals surface area contributed by atoms with Crippen molar-refractivity contribution in [1.29, 1.82) is 0 Å². The van der Waals surface area contributed by atoms with Gasteiger partial charge in [-0.15, -0.1) is 10.2 Å². The highest BCUT2D eigenvalue weighted by Gasteiger charge is 2.12. The van der Waals surface area contributed by atoms with E-state index in [4.69, 9.17) is 0 Å². The van der Waals surface area contributed by atoms with Crippen molar-refractivity contribution in [3.63, 3.8) is 0 Å². The molecule has 0 radical (unpaired) electrons. The second-order valence-electron chi connectivity index (χ2n) is 5.15. The zero-order chi connectivity index (χ0) is 16.4. The van der Waals surface area contributed by atoms with Crippen molar-refractivity contribution < 1.29 is 4.79 Å². The molecule has 0 fully saturated rings. The third kappa shape index (κ3) is 2.87. The van der Waals surface area contributed by atoms with Gasteiger partial charge in [0.05, 0.1) is 0 Å². The Kier molecular flexibility index (Phi) is 3.72. The van der Waals surface area contributed by atoms with Crippen LogP contribution in [-0.2, 0) is 0 Å². The lowest BCUT2D eigenvalue weighted by Gasteiger charge is -2.00. The molecular weight excluding hydrogens is 320 g/mol. The number of nitrogens with one attached hydrogen (secondary N) is 1. The monoisotopic (exact) mass is 332 g/mol. The van der Waals surface area contributed by atoms with Crippen LogP contribution in [0.1, 0.15) is 10.4 Å². The van der Waals surface area contributed by atoms with Crippen LogP contribution in [-0.4, -0.2) is 21.1 Å². The van der Waals surface area contributed by atoms with E-state index in [9.17, 15) is 4.79 Å². The van der Waals surface area contributed by atoms with Crippen LogP contribution in [0, 0.1) is 0 Å². The third-order valence-corrected chi connectivity index (χ3v) is 4.39. The lowest BCUT2D eigenvalue weighted by atomic mass is 10.1. The number of rotatable bonds is 3. The van der Waals surface area contributed by atoms with E-state index >= 15 is 0 Å². The molecule has 0 aliphatic rings. The highest BCUT2D eigenvalue weighted by Crippen LogP contribution is 2.27. The van der Waals surface area contributed by atoms with E-state index in [0.717, 1.165) is 16.5 Å². The van der Waals surface area contributed by atoms with Crippen molar-refractivity contribution in [2.75, 3.05) is 5.32 Å². The first-order valence-corrected chi connectivity index (χ1v) is 8.16. The second-order valence-corrected chi connectivity index (χ2v) is 6.13. The van der Waals surface area contributed by atoms with E-state index in [1.54, 1.807) is 12.1 Å². The fourth-order valence-corrected chi connectivity index (χ4v) is 3.04. The van der Waals surface area contributed by atoms with E-state index in [-0.39, 0.29) is 5.91 Å². The average molecular weight is 332 g/mol. The van der Waals surface area contributed by atoms with Crippen LogP contribution in [0.25, 0.3) is 21.5 Å². The summed E-state index contributed by atoms with van der Waals surface area (Å²) in [6.45, 7) is 0. The highest BCUT2D eigenvalue weighted by atomic mass is 32.1. The SMILES string of the molecule is O=C(Nc1nnc(-c2cc3ccccc3cn2)s1)c1ccccc1. The molecule has 0 unspecified atom stereocenters. The highest BCUT2D eigenvalue weighted by molar-refractivity contribution is 7.18. The van der Waals surface area contributed by atoms with Gasteiger partial charge in [0.2, 0.25) is 5.13 Å². The second kappa shape index (κ2) is 6.17. The van der Waals surface area contributed by atoms with Crippen LogP contribution in [0.15, 0.2) is 66.9 Å². The summed E-state index contributed by atoms with van der Waals surface area (Å²) in [6, 6.07) is 19.0. The van der Waals surface area contributed by atoms with Crippen LogP contribution in [0.2, 0.25) is 0 Å². The number of nitrogens with zero attached hydrogens (tertiary/aromatic N) is 3. The minimum atomic E-state index is -0.204. The molecule has 5 nitrogen and oxygen atoms in total. The first-order valence-electron chi connectivity index (χ1n) is 7.35. The standard InChI is InChI=1S/C18H12N4OS/c23-16(12-6-2-1-3-7-12)20-18-22-21-17(24-18)15-10-13-8-4-5-9-14(13)11-19-15/h1-11H,(H,20,22,23). The van der Waals surface area contributed by atoms with Gasteiger partial charge in [-0.1, -0.05) is 53.8 Å². The first-order chi connectivity index (χ1) is 11.8. The molecule has 0 aliphatic heterocycles. The van der Waals surface area contributed by atoms with Gasteiger partial charge in [0.25, 0.3) is 5.91 Å². The molecule has 0 atom stereocenters. The Morgan fingerprint density at radius 3 is 2.50 bits per heavy atom. The Morgan fingerprint density at radius 1 is 0.917 bits per heavy atom.